The van der Waals surface area contributed by atoms with Crippen LogP contribution in [-0.4, -0.2) is 29.6 Å². The van der Waals surface area contributed by atoms with Gasteiger partial charge >= 0.3 is 0 Å². The Bertz CT molecular complexity index is 220. The van der Waals surface area contributed by atoms with Crippen molar-refractivity contribution in [2.75, 3.05) is 13.1 Å². The van der Waals surface area contributed by atoms with Gasteiger partial charge in [-0.15, -0.1) is 0 Å². The molecule has 1 heterocycles. The fourth-order valence-corrected chi connectivity index (χ4v) is 2.58. The minimum absolute atomic E-state index is 0.106. The topological polar surface area (TPSA) is 53.0 Å². The van der Waals surface area contributed by atoms with E-state index < -0.39 is 0 Å². The third kappa shape index (κ3) is 2.70. The van der Waals surface area contributed by atoms with E-state index in [0.29, 0.717) is 12.5 Å². The zero-order valence-electron chi connectivity index (χ0n) is 10.00. The molecule has 0 amide bonds. The highest BCUT2D eigenvalue weighted by Gasteiger charge is 2.34. The van der Waals surface area contributed by atoms with Crippen LogP contribution in [-0.2, 0) is 0 Å². The van der Waals surface area contributed by atoms with E-state index in [0.717, 1.165) is 38.8 Å². The summed E-state index contributed by atoms with van der Waals surface area (Å²) < 4.78 is 0. The Morgan fingerprint density at radius 1 is 1.33 bits per heavy atom. The van der Waals surface area contributed by atoms with E-state index in [1.807, 2.05) is 0 Å². The van der Waals surface area contributed by atoms with Gasteiger partial charge in [0, 0.05) is 24.7 Å². The van der Waals surface area contributed by atoms with Gasteiger partial charge in [-0.3, -0.25) is 4.90 Å². The van der Waals surface area contributed by atoms with Crippen LogP contribution in [0.25, 0.3) is 0 Å². The van der Waals surface area contributed by atoms with E-state index in [1.54, 1.807) is 0 Å². The van der Waals surface area contributed by atoms with Crippen molar-refractivity contribution in [3.05, 3.63) is 0 Å². The van der Waals surface area contributed by atoms with Crippen molar-refractivity contribution < 1.29 is 0 Å². The van der Waals surface area contributed by atoms with Crippen LogP contribution in [0.4, 0.5) is 0 Å². The largest absolute Gasteiger partial charge is 0.328 e. The summed E-state index contributed by atoms with van der Waals surface area (Å²) in [5.41, 5.74) is 6.01. The van der Waals surface area contributed by atoms with E-state index in [-0.39, 0.29) is 5.54 Å². The van der Waals surface area contributed by atoms with Crippen molar-refractivity contribution in [1.29, 1.82) is 5.26 Å². The highest BCUT2D eigenvalue weighted by Crippen LogP contribution is 2.30. The van der Waals surface area contributed by atoms with Gasteiger partial charge in [-0.1, -0.05) is 13.8 Å². The SMILES string of the molecule is CCC(CC)(CC#N)N1CCC(N)CC1. The summed E-state index contributed by atoms with van der Waals surface area (Å²) in [5.74, 6) is 0. The number of hydrogen-bond donors (Lipinski definition) is 1. The molecule has 3 nitrogen and oxygen atoms in total. The van der Waals surface area contributed by atoms with E-state index >= 15 is 0 Å². The van der Waals surface area contributed by atoms with Gasteiger partial charge in [0.2, 0.25) is 0 Å². The molecule has 0 aliphatic carbocycles. The second kappa shape index (κ2) is 5.48. The number of piperidine rings is 1. The first-order chi connectivity index (χ1) is 7.18. The monoisotopic (exact) mass is 209 g/mol. The van der Waals surface area contributed by atoms with Crippen molar-refractivity contribution in [2.24, 2.45) is 5.73 Å². The van der Waals surface area contributed by atoms with Gasteiger partial charge in [-0.2, -0.15) is 5.26 Å². The molecule has 1 aliphatic heterocycles. The molecule has 0 aromatic carbocycles. The molecule has 1 saturated heterocycles. The zero-order chi connectivity index (χ0) is 11.3. The molecule has 0 atom stereocenters. The Morgan fingerprint density at radius 2 is 1.87 bits per heavy atom. The summed E-state index contributed by atoms with van der Waals surface area (Å²) in [6.45, 7) is 6.50. The summed E-state index contributed by atoms with van der Waals surface area (Å²) in [4.78, 5) is 2.49. The Morgan fingerprint density at radius 3 is 2.27 bits per heavy atom. The molecular formula is C12H23N3. The zero-order valence-corrected chi connectivity index (χ0v) is 10.00. The normalized spacial score (nSPS) is 20.1. The quantitative estimate of drug-likeness (QED) is 0.769. The predicted molar refractivity (Wildman–Crippen MR) is 62.3 cm³/mol. The number of nitrogens with zero attached hydrogens (tertiary/aromatic N) is 2. The Kier molecular flexibility index (Phi) is 4.56. The lowest BCUT2D eigenvalue weighted by atomic mass is 9.85. The second-order valence-corrected chi connectivity index (χ2v) is 4.59. The molecule has 1 fully saturated rings. The second-order valence-electron chi connectivity index (χ2n) is 4.59. The molecule has 0 aromatic rings. The lowest BCUT2D eigenvalue weighted by Crippen LogP contribution is -2.53. The van der Waals surface area contributed by atoms with Crippen LogP contribution in [0.2, 0.25) is 0 Å². The first-order valence-electron chi connectivity index (χ1n) is 6.06. The maximum absolute atomic E-state index is 8.95. The molecule has 0 aromatic heterocycles. The van der Waals surface area contributed by atoms with Crippen molar-refractivity contribution in [3.8, 4) is 6.07 Å². The average Bonchev–Trinajstić information content (AvgIpc) is 2.27. The molecule has 86 valence electrons. The van der Waals surface area contributed by atoms with E-state index in [2.05, 4.69) is 24.8 Å². The van der Waals surface area contributed by atoms with Gasteiger partial charge in [-0.25, -0.2) is 0 Å². The van der Waals surface area contributed by atoms with Crippen molar-refractivity contribution in [2.45, 2.75) is 57.5 Å². The van der Waals surface area contributed by atoms with Crippen molar-refractivity contribution >= 4 is 0 Å². The molecule has 15 heavy (non-hydrogen) atoms. The van der Waals surface area contributed by atoms with E-state index in [9.17, 15) is 0 Å². The number of likely N-dealkylation sites (tertiary alicyclic amines) is 1. The minimum Gasteiger partial charge on any atom is -0.328 e. The van der Waals surface area contributed by atoms with Gasteiger partial charge in [0.05, 0.1) is 12.5 Å². The molecule has 0 radical (unpaired) electrons. The summed E-state index contributed by atoms with van der Waals surface area (Å²) >= 11 is 0. The van der Waals surface area contributed by atoms with Crippen LogP contribution >= 0.6 is 0 Å². The number of hydrogen-bond acceptors (Lipinski definition) is 3. The summed E-state index contributed by atoms with van der Waals surface area (Å²) in [6.07, 6.45) is 4.92. The number of nitrogens with two attached hydrogens (primary N) is 1. The molecule has 1 rings (SSSR count). The van der Waals surface area contributed by atoms with Gasteiger partial charge in [0.25, 0.3) is 0 Å². The predicted octanol–water partition coefficient (Wildman–Crippen LogP) is 1.88. The molecule has 0 saturated carbocycles. The van der Waals surface area contributed by atoms with Crippen LogP contribution < -0.4 is 5.73 Å². The lowest BCUT2D eigenvalue weighted by Gasteiger charge is -2.45. The van der Waals surface area contributed by atoms with Gasteiger partial charge in [-0.05, 0) is 25.7 Å². The standard InChI is InChI=1S/C12H23N3/c1-3-12(4-2,7-8-13)15-9-5-11(14)6-10-15/h11H,3-7,9-10,14H2,1-2H3. The van der Waals surface area contributed by atoms with Crippen molar-refractivity contribution in [1.82, 2.24) is 4.90 Å². The number of rotatable bonds is 4. The van der Waals surface area contributed by atoms with Crippen molar-refractivity contribution in [3.63, 3.8) is 0 Å². The molecule has 0 spiro atoms. The molecule has 0 bridgehead atoms. The van der Waals surface area contributed by atoms with Crippen LogP contribution in [0.15, 0.2) is 0 Å². The maximum atomic E-state index is 8.95. The molecular weight excluding hydrogens is 186 g/mol. The Balaban J connectivity index is 2.67. The molecule has 1 aliphatic rings. The average molecular weight is 209 g/mol. The minimum atomic E-state index is 0.106. The third-order valence-corrected chi connectivity index (χ3v) is 3.93. The van der Waals surface area contributed by atoms with Crippen LogP contribution in [0, 0.1) is 11.3 Å². The number of nitriles is 1. The first-order valence-corrected chi connectivity index (χ1v) is 6.06. The highest BCUT2D eigenvalue weighted by atomic mass is 15.2. The highest BCUT2D eigenvalue weighted by molar-refractivity contribution is 4.97. The van der Waals surface area contributed by atoms with Gasteiger partial charge < -0.3 is 5.73 Å². The van der Waals surface area contributed by atoms with E-state index in [1.165, 1.54) is 0 Å². The maximum Gasteiger partial charge on any atom is 0.0641 e. The smallest absolute Gasteiger partial charge is 0.0641 e. The van der Waals surface area contributed by atoms with Crippen LogP contribution in [0.5, 0.6) is 0 Å². The first kappa shape index (κ1) is 12.5. The fourth-order valence-electron chi connectivity index (χ4n) is 2.58. The summed E-state index contributed by atoms with van der Waals surface area (Å²) in [6, 6.07) is 2.72. The Hall–Kier alpha value is -0.590. The summed E-state index contributed by atoms with van der Waals surface area (Å²) in [7, 11) is 0. The molecule has 0 unspecified atom stereocenters. The molecule has 2 N–H and O–H groups in total. The lowest BCUT2D eigenvalue weighted by molar-refractivity contribution is 0.0563. The summed E-state index contributed by atoms with van der Waals surface area (Å²) in [5, 5.41) is 8.95. The van der Waals surface area contributed by atoms with Gasteiger partial charge in [0.15, 0.2) is 0 Å². The molecule has 3 heteroatoms. The third-order valence-electron chi connectivity index (χ3n) is 3.93. The van der Waals surface area contributed by atoms with Crippen LogP contribution in [0.3, 0.4) is 0 Å². The van der Waals surface area contributed by atoms with Gasteiger partial charge in [0.1, 0.15) is 0 Å². The Labute approximate surface area is 93.2 Å². The van der Waals surface area contributed by atoms with E-state index in [4.69, 9.17) is 11.0 Å². The van der Waals surface area contributed by atoms with Crippen LogP contribution in [0.1, 0.15) is 46.0 Å². The fraction of sp³-hybridized carbons (Fsp3) is 0.917.